The summed E-state index contributed by atoms with van der Waals surface area (Å²) in [7, 11) is 1.67. The predicted octanol–water partition coefficient (Wildman–Crippen LogP) is 3.97. The molecule has 0 saturated heterocycles. The van der Waals surface area contributed by atoms with Gasteiger partial charge in [0.1, 0.15) is 5.75 Å². The number of hydrogen-bond donors (Lipinski definition) is 2. The summed E-state index contributed by atoms with van der Waals surface area (Å²) in [5, 5.41) is 10.2. The van der Waals surface area contributed by atoms with Gasteiger partial charge in [0, 0.05) is 6.54 Å². The first-order chi connectivity index (χ1) is 14.1. The average Bonchev–Trinajstić information content (AvgIpc) is 3.23. The highest BCUT2D eigenvalue weighted by Crippen LogP contribution is 2.32. The van der Waals surface area contributed by atoms with Crippen LogP contribution in [0.2, 0.25) is 0 Å². The Labute approximate surface area is 174 Å². The molecular weight excluding hydrogens is 386 g/mol. The van der Waals surface area contributed by atoms with Gasteiger partial charge in [-0.3, -0.25) is 5.43 Å². The average molecular weight is 407 g/mol. The van der Waals surface area contributed by atoms with Gasteiger partial charge < -0.3 is 19.5 Å². The van der Waals surface area contributed by atoms with E-state index in [9.17, 15) is 0 Å². The molecule has 1 aliphatic heterocycles. The van der Waals surface area contributed by atoms with Crippen molar-refractivity contribution in [2.45, 2.75) is 13.5 Å². The molecule has 0 bridgehead atoms. The number of nitrogens with zero attached hydrogens (tertiary/aromatic N) is 1. The van der Waals surface area contributed by atoms with E-state index in [1.54, 1.807) is 7.11 Å². The number of benzene rings is 3. The normalized spacial score (nSPS) is 12.7. The second-order valence-corrected chi connectivity index (χ2v) is 7.02. The van der Waals surface area contributed by atoms with Gasteiger partial charge in [0.15, 0.2) is 16.6 Å². The first kappa shape index (κ1) is 19.0. The summed E-state index contributed by atoms with van der Waals surface area (Å²) in [4.78, 5) is 0. The molecule has 148 valence electrons. The van der Waals surface area contributed by atoms with Crippen molar-refractivity contribution in [3.05, 3.63) is 65.7 Å². The summed E-state index contributed by atoms with van der Waals surface area (Å²) in [6.07, 6.45) is 0. The van der Waals surface area contributed by atoms with Crippen LogP contribution in [-0.2, 0) is 6.54 Å². The zero-order valence-corrected chi connectivity index (χ0v) is 17.0. The van der Waals surface area contributed by atoms with Crippen LogP contribution in [0.1, 0.15) is 18.1 Å². The van der Waals surface area contributed by atoms with E-state index in [0.29, 0.717) is 11.7 Å². The zero-order valence-electron chi connectivity index (χ0n) is 16.2. The zero-order chi connectivity index (χ0) is 20.2. The number of methoxy groups -OCH3 is 1. The molecule has 7 heteroatoms. The van der Waals surface area contributed by atoms with Crippen molar-refractivity contribution in [1.82, 2.24) is 10.7 Å². The molecule has 0 radical (unpaired) electrons. The summed E-state index contributed by atoms with van der Waals surface area (Å²) < 4.78 is 16.0. The van der Waals surface area contributed by atoms with Gasteiger partial charge in [-0.05, 0) is 71.4 Å². The van der Waals surface area contributed by atoms with Gasteiger partial charge in [-0.15, -0.1) is 0 Å². The minimum atomic E-state index is 0.266. The molecular formula is C22H21N3O3S. The van der Waals surface area contributed by atoms with Crippen molar-refractivity contribution in [3.8, 4) is 17.2 Å². The Morgan fingerprint density at radius 2 is 1.83 bits per heavy atom. The second-order valence-electron chi connectivity index (χ2n) is 6.61. The quantitative estimate of drug-likeness (QED) is 0.379. The van der Waals surface area contributed by atoms with E-state index in [-0.39, 0.29) is 6.79 Å². The lowest BCUT2D eigenvalue weighted by molar-refractivity contribution is 0.174. The van der Waals surface area contributed by atoms with Gasteiger partial charge in [0.25, 0.3) is 0 Å². The van der Waals surface area contributed by atoms with Crippen molar-refractivity contribution < 1.29 is 14.2 Å². The molecule has 0 saturated carbocycles. The van der Waals surface area contributed by atoms with Gasteiger partial charge in [0.2, 0.25) is 6.79 Å². The largest absolute Gasteiger partial charge is 0.497 e. The van der Waals surface area contributed by atoms with Crippen molar-refractivity contribution in [2.75, 3.05) is 13.9 Å². The Morgan fingerprint density at radius 3 is 2.69 bits per heavy atom. The summed E-state index contributed by atoms with van der Waals surface area (Å²) >= 11 is 5.33. The van der Waals surface area contributed by atoms with Crippen LogP contribution < -0.4 is 25.0 Å². The number of ether oxygens (including phenoxy) is 3. The Morgan fingerprint density at radius 1 is 1.03 bits per heavy atom. The van der Waals surface area contributed by atoms with Crippen molar-refractivity contribution in [3.63, 3.8) is 0 Å². The van der Waals surface area contributed by atoms with E-state index in [1.807, 2.05) is 49.4 Å². The third kappa shape index (κ3) is 4.41. The maximum absolute atomic E-state index is 5.39. The van der Waals surface area contributed by atoms with E-state index in [2.05, 4.69) is 28.0 Å². The molecule has 0 fully saturated rings. The molecule has 0 unspecified atom stereocenters. The Hall–Kier alpha value is -3.32. The molecule has 2 N–H and O–H groups in total. The fourth-order valence-corrected chi connectivity index (χ4v) is 3.17. The molecule has 0 atom stereocenters. The lowest BCUT2D eigenvalue weighted by Crippen LogP contribution is -2.32. The van der Waals surface area contributed by atoms with Crippen LogP contribution in [0.5, 0.6) is 17.2 Å². The highest BCUT2D eigenvalue weighted by Gasteiger charge is 2.13. The monoisotopic (exact) mass is 407 g/mol. The van der Waals surface area contributed by atoms with E-state index in [4.69, 9.17) is 26.4 Å². The van der Waals surface area contributed by atoms with Gasteiger partial charge >= 0.3 is 0 Å². The number of hydrazone groups is 1. The Bertz CT molecular complexity index is 1100. The highest BCUT2D eigenvalue weighted by atomic mass is 32.1. The molecule has 0 aromatic heterocycles. The molecule has 0 amide bonds. The van der Waals surface area contributed by atoms with E-state index in [0.717, 1.165) is 44.9 Å². The Balaban J connectivity index is 1.36. The SMILES string of the molecule is COc1ccc2cc(/C(C)=N\NC(=S)NCc3ccc4c(c3)OCO4)ccc2c1. The smallest absolute Gasteiger partial charge is 0.231 e. The van der Waals surface area contributed by atoms with E-state index < -0.39 is 0 Å². The number of hydrogen-bond acceptors (Lipinski definition) is 5. The molecule has 1 aliphatic rings. The van der Waals surface area contributed by atoms with E-state index in [1.165, 1.54) is 0 Å². The predicted molar refractivity (Wildman–Crippen MR) is 118 cm³/mol. The minimum absolute atomic E-state index is 0.266. The second kappa shape index (κ2) is 8.36. The van der Waals surface area contributed by atoms with Gasteiger partial charge in [0.05, 0.1) is 12.8 Å². The summed E-state index contributed by atoms with van der Waals surface area (Å²) in [6.45, 7) is 2.77. The van der Waals surface area contributed by atoms with Crippen molar-refractivity contribution >= 4 is 33.8 Å². The van der Waals surface area contributed by atoms with Gasteiger partial charge in [-0.2, -0.15) is 5.10 Å². The minimum Gasteiger partial charge on any atom is -0.497 e. The number of nitrogens with one attached hydrogen (secondary N) is 2. The third-order valence-corrected chi connectivity index (χ3v) is 4.92. The van der Waals surface area contributed by atoms with Crippen molar-refractivity contribution in [1.29, 1.82) is 0 Å². The molecule has 0 aliphatic carbocycles. The van der Waals surface area contributed by atoms with Crippen LogP contribution in [0.3, 0.4) is 0 Å². The van der Waals surface area contributed by atoms with Crippen LogP contribution in [0.4, 0.5) is 0 Å². The Kier molecular flexibility index (Phi) is 5.48. The lowest BCUT2D eigenvalue weighted by Gasteiger charge is -2.09. The number of rotatable bonds is 5. The summed E-state index contributed by atoms with van der Waals surface area (Å²) in [5.41, 5.74) is 5.81. The maximum atomic E-state index is 5.39. The standard InChI is InChI=1S/C22H21N3O3S/c1-14(16-4-5-18-11-19(26-2)7-6-17(18)10-16)24-25-22(29)23-12-15-3-8-20-21(9-15)28-13-27-20/h3-11H,12-13H2,1-2H3,(H2,23,25,29)/b24-14-. The molecule has 0 spiro atoms. The summed E-state index contributed by atoms with van der Waals surface area (Å²) in [6, 6.07) is 18.0. The lowest BCUT2D eigenvalue weighted by atomic mass is 10.0. The fraction of sp³-hybridized carbons (Fsp3) is 0.182. The third-order valence-electron chi connectivity index (χ3n) is 4.68. The number of fused-ring (bicyclic) bond motifs is 2. The fourth-order valence-electron chi connectivity index (χ4n) is 3.05. The van der Waals surface area contributed by atoms with Gasteiger partial charge in [-0.1, -0.05) is 24.3 Å². The van der Waals surface area contributed by atoms with E-state index >= 15 is 0 Å². The molecule has 1 heterocycles. The maximum Gasteiger partial charge on any atom is 0.231 e. The molecule has 6 nitrogen and oxygen atoms in total. The van der Waals surface area contributed by atoms with Gasteiger partial charge in [-0.25, -0.2) is 0 Å². The summed E-state index contributed by atoms with van der Waals surface area (Å²) in [5.74, 6) is 2.37. The van der Waals surface area contributed by atoms with Crippen LogP contribution in [0.25, 0.3) is 10.8 Å². The number of thiocarbonyl (C=S) groups is 1. The van der Waals surface area contributed by atoms with Crippen LogP contribution in [0.15, 0.2) is 59.7 Å². The molecule has 29 heavy (non-hydrogen) atoms. The highest BCUT2D eigenvalue weighted by molar-refractivity contribution is 7.80. The molecule has 3 aromatic rings. The van der Waals surface area contributed by atoms with Crippen LogP contribution in [-0.4, -0.2) is 24.7 Å². The topological polar surface area (TPSA) is 64.1 Å². The molecule has 3 aromatic carbocycles. The van der Waals surface area contributed by atoms with Crippen LogP contribution in [0, 0.1) is 0 Å². The first-order valence-corrected chi connectivity index (χ1v) is 9.58. The first-order valence-electron chi connectivity index (χ1n) is 9.17. The van der Waals surface area contributed by atoms with Crippen LogP contribution >= 0.6 is 12.2 Å². The molecule has 4 rings (SSSR count). The van der Waals surface area contributed by atoms with Crippen molar-refractivity contribution in [2.24, 2.45) is 5.10 Å².